The number of ether oxygens (including phenoxy) is 3. The number of carbonyl (C=O) groups is 1. The summed E-state index contributed by atoms with van der Waals surface area (Å²) in [6, 6.07) is 11.1. The number of alkyl halides is 2. The lowest BCUT2D eigenvalue weighted by Crippen LogP contribution is -2.41. The summed E-state index contributed by atoms with van der Waals surface area (Å²) < 4.78 is 70.6. The highest BCUT2D eigenvalue weighted by molar-refractivity contribution is 7.89. The molecule has 2 aliphatic rings. The van der Waals surface area contributed by atoms with Gasteiger partial charge in [0.2, 0.25) is 10.0 Å². The Balaban J connectivity index is 1.46. The molecule has 0 bridgehead atoms. The van der Waals surface area contributed by atoms with Crippen molar-refractivity contribution in [3.8, 4) is 11.5 Å². The number of pyridine rings is 1. The lowest BCUT2D eigenvalue weighted by molar-refractivity contribution is -0.153. The molecule has 3 aromatic rings. The minimum absolute atomic E-state index is 0.00119. The van der Waals surface area contributed by atoms with E-state index in [-0.39, 0.29) is 45.8 Å². The molecule has 1 aliphatic heterocycles. The number of aromatic nitrogens is 1. The minimum Gasteiger partial charge on any atom is -0.489 e. The molecule has 2 aromatic carbocycles. The molecule has 42 heavy (non-hydrogen) atoms. The highest BCUT2D eigenvalue weighted by atomic mass is 35.5. The van der Waals surface area contributed by atoms with Crippen LogP contribution < -0.4 is 9.47 Å². The lowest BCUT2D eigenvalue weighted by atomic mass is 10.0. The van der Waals surface area contributed by atoms with Gasteiger partial charge < -0.3 is 14.2 Å². The van der Waals surface area contributed by atoms with Crippen LogP contribution in [0.2, 0.25) is 10.0 Å². The number of nitrogens with zero attached hydrogens (tertiary/aromatic N) is 2. The summed E-state index contributed by atoms with van der Waals surface area (Å²) in [6.45, 7) is -2.59. The van der Waals surface area contributed by atoms with E-state index in [1.54, 1.807) is 18.2 Å². The maximum absolute atomic E-state index is 13.6. The summed E-state index contributed by atoms with van der Waals surface area (Å²) in [6.07, 6.45) is 4.47. The Bertz CT molecular complexity index is 1510. The Morgan fingerprint density at radius 1 is 1.02 bits per heavy atom. The topological polar surface area (TPSA) is 95.0 Å². The SMILES string of the molecule is O=C(O[C@@H](Cc1c(Cl)cncc1Cl)c1ccc(OC(F)F)c(OCC2CC2)c1)[C@H]1CCCN1S(=O)(=O)c1ccccc1. The van der Waals surface area contributed by atoms with Gasteiger partial charge in [0.25, 0.3) is 0 Å². The number of sulfonamides is 1. The third-order valence-corrected chi connectivity index (χ3v) is 9.73. The fraction of sp³-hybridized carbons (Fsp3) is 0.379. The molecule has 0 spiro atoms. The first-order valence-electron chi connectivity index (χ1n) is 13.4. The predicted molar refractivity (Wildman–Crippen MR) is 151 cm³/mol. The third kappa shape index (κ3) is 7.14. The summed E-state index contributed by atoms with van der Waals surface area (Å²) in [5.41, 5.74) is 0.842. The van der Waals surface area contributed by atoms with Crippen LogP contribution in [-0.4, -0.2) is 49.5 Å². The van der Waals surface area contributed by atoms with Crippen molar-refractivity contribution in [2.75, 3.05) is 13.2 Å². The summed E-state index contributed by atoms with van der Waals surface area (Å²) in [7, 11) is -3.96. The molecule has 0 radical (unpaired) electrons. The van der Waals surface area contributed by atoms with Crippen LogP contribution in [0, 0.1) is 5.92 Å². The van der Waals surface area contributed by atoms with Crippen molar-refractivity contribution in [2.45, 2.75) is 55.8 Å². The van der Waals surface area contributed by atoms with Gasteiger partial charge in [0.1, 0.15) is 12.1 Å². The van der Waals surface area contributed by atoms with E-state index in [1.165, 1.54) is 42.7 Å². The molecule has 2 heterocycles. The molecule has 0 N–H and O–H groups in total. The van der Waals surface area contributed by atoms with Crippen molar-refractivity contribution in [1.29, 1.82) is 0 Å². The van der Waals surface area contributed by atoms with Crippen molar-refractivity contribution >= 4 is 39.2 Å². The van der Waals surface area contributed by atoms with Crippen LogP contribution in [0.5, 0.6) is 11.5 Å². The average molecular weight is 642 g/mol. The van der Waals surface area contributed by atoms with Gasteiger partial charge in [-0.25, -0.2) is 8.42 Å². The molecule has 2 fully saturated rings. The first kappa shape index (κ1) is 30.5. The number of benzene rings is 2. The quantitative estimate of drug-likeness (QED) is 0.210. The monoisotopic (exact) mass is 640 g/mol. The van der Waals surface area contributed by atoms with Crippen LogP contribution in [0.25, 0.3) is 0 Å². The number of carbonyl (C=O) groups excluding carboxylic acids is 1. The second-order valence-electron chi connectivity index (χ2n) is 10.1. The van der Waals surface area contributed by atoms with E-state index in [1.807, 2.05) is 0 Å². The fourth-order valence-corrected chi connectivity index (χ4v) is 6.97. The van der Waals surface area contributed by atoms with Crippen LogP contribution in [0.3, 0.4) is 0 Å². The van der Waals surface area contributed by atoms with E-state index in [2.05, 4.69) is 9.72 Å². The average Bonchev–Trinajstić information content (AvgIpc) is 3.65. The fourth-order valence-electron chi connectivity index (χ4n) is 4.78. The zero-order chi connectivity index (χ0) is 29.9. The van der Waals surface area contributed by atoms with Crippen LogP contribution in [0.1, 0.15) is 42.9 Å². The van der Waals surface area contributed by atoms with Gasteiger partial charge in [0.05, 0.1) is 21.5 Å². The van der Waals surface area contributed by atoms with Crippen LogP contribution in [0.15, 0.2) is 65.8 Å². The van der Waals surface area contributed by atoms with Crippen molar-refractivity contribution in [1.82, 2.24) is 9.29 Å². The molecular formula is C29H28Cl2F2N2O6S. The first-order valence-corrected chi connectivity index (χ1v) is 15.6. The molecule has 1 aliphatic carbocycles. The van der Waals surface area contributed by atoms with Crippen LogP contribution >= 0.6 is 23.2 Å². The highest BCUT2D eigenvalue weighted by Gasteiger charge is 2.41. The number of esters is 1. The summed E-state index contributed by atoms with van der Waals surface area (Å²) in [5, 5.41) is 0.473. The first-order chi connectivity index (χ1) is 20.1. The molecule has 0 amide bonds. The van der Waals surface area contributed by atoms with Crippen LogP contribution in [-0.2, 0) is 26.0 Å². The van der Waals surface area contributed by atoms with Gasteiger partial charge in [0.15, 0.2) is 11.5 Å². The largest absolute Gasteiger partial charge is 0.489 e. The molecule has 1 aromatic heterocycles. The Morgan fingerprint density at radius 3 is 2.40 bits per heavy atom. The van der Waals surface area contributed by atoms with Gasteiger partial charge in [-0.1, -0.05) is 47.5 Å². The lowest BCUT2D eigenvalue weighted by Gasteiger charge is -2.26. The van der Waals surface area contributed by atoms with Gasteiger partial charge in [-0.05, 0) is 67.0 Å². The Kier molecular flexibility index (Phi) is 9.51. The van der Waals surface area contributed by atoms with Gasteiger partial charge in [0, 0.05) is 25.4 Å². The Labute approximate surface area is 252 Å². The van der Waals surface area contributed by atoms with E-state index < -0.39 is 34.7 Å². The van der Waals surface area contributed by atoms with Crippen molar-refractivity contribution in [2.24, 2.45) is 5.92 Å². The number of halogens is 4. The molecule has 5 rings (SSSR count). The van der Waals surface area contributed by atoms with Gasteiger partial charge >= 0.3 is 12.6 Å². The summed E-state index contributed by atoms with van der Waals surface area (Å²) in [5.74, 6) is -0.514. The summed E-state index contributed by atoms with van der Waals surface area (Å²) in [4.78, 5) is 17.7. The second-order valence-corrected chi connectivity index (χ2v) is 12.8. The van der Waals surface area contributed by atoms with E-state index in [4.69, 9.17) is 32.7 Å². The van der Waals surface area contributed by atoms with Crippen molar-refractivity contribution in [3.05, 3.63) is 82.1 Å². The third-order valence-electron chi connectivity index (χ3n) is 7.15. The molecule has 224 valence electrons. The van der Waals surface area contributed by atoms with Crippen LogP contribution in [0.4, 0.5) is 8.78 Å². The molecule has 2 atom stereocenters. The Morgan fingerprint density at radius 2 is 1.74 bits per heavy atom. The highest BCUT2D eigenvalue weighted by Crippen LogP contribution is 2.38. The van der Waals surface area contributed by atoms with Crippen molar-refractivity contribution < 1.29 is 36.2 Å². The molecular weight excluding hydrogens is 613 g/mol. The zero-order valence-corrected chi connectivity index (χ0v) is 24.6. The van der Waals surface area contributed by atoms with Gasteiger partial charge in [-0.3, -0.25) is 9.78 Å². The standard InChI is InChI=1S/C29H28Cl2F2N2O6S/c30-22-15-34-16-23(31)21(22)14-26(19-10-11-25(41-29(32)33)27(13-19)39-17-18-8-9-18)40-28(36)24-7-4-12-35(24)42(37,38)20-5-2-1-3-6-20/h1-3,5-6,10-11,13,15-16,18,24,26,29H,4,7-9,12,14,17H2/t24-,26+/m1/s1. The number of hydrogen-bond donors (Lipinski definition) is 0. The van der Waals surface area contributed by atoms with E-state index in [0.29, 0.717) is 30.1 Å². The molecule has 0 unspecified atom stereocenters. The van der Waals surface area contributed by atoms with E-state index in [0.717, 1.165) is 17.1 Å². The molecule has 1 saturated carbocycles. The number of rotatable bonds is 12. The minimum atomic E-state index is -3.96. The number of hydrogen-bond acceptors (Lipinski definition) is 7. The van der Waals surface area contributed by atoms with E-state index >= 15 is 0 Å². The van der Waals surface area contributed by atoms with Gasteiger partial charge in [-0.15, -0.1) is 0 Å². The van der Waals surface area contributed by atoms with Crippen molar-refractivity contribution in [3.63, 3.8) is 0 Å². The smallest absolute Gasteiger partial charge is 0.387 e. The molecule has 1 saturated heterocycles. The normalized spacial score (nSPS) is 18.2. The molecule has 13 heteroatoms. The second kappa shape index (κ2) is 13.1. The van der Waals surface area contributed by atoms with E-state index in [9.17, 15) is 22.0 Å². The zero-order valence-electron chi connectivity index (χ0n) is 22.3. The predicted octanol–water partition coefficient (Wildman–Crippen LogP) is 6.46. The summed E-state index contributed by atoms with van der Waals surface area (Å²) >= 11 is 12.8. The molecule has 8 nitrogen and oxygen atoms in total. The maximum Gasteiger partial charge on any atom is 0.387 e. The Hall–Kier alpha value is -2.99. The van der Waals surface area contributed by atoms with Gasteiger partial charge in [-0.2, -0.15) is 13.1 Å². The maximum atomic E-state index is 13.6.